The van der Waals surface area contributed by atoms with E-state index in [1.54, 1.807) is 4.90 Å². The number of esters is 2. The lowest BCUT2D eigenvalue weighted by molar-refractivity contribution is -0.140. The molecule has 2 rings (SSSR count). The zero-order valence-corrected chi connectivity index (χ0v) is 17.9. The van der Waals surface area contributed by atoms with Gasteiger partial charge < -0.3 is 19.1 Å². The number of anilines is 1. The minimum atomic E-state index is -0.641. The molecule has 9 heteroatoms. The first-order valence-corrected chi connectivity index (χ1v) is 9.10. The van der Waals surface area contributed by atoms with Crippen LogP contribution in [0.3, 0.4) is 0 Å². The lowest BCUT2D eigenvalue weighted by Gasteiger charge is -2.33. The third kappa shape index (κ3) is 3.54. The summed E-state index contributed by atoms with van der Waals surface area (Å²) in [5.41, 5.74) is 1.79. The Kier molecular flexibility index (Phi) is 6.46. The molecule has 24 heavy (non-hydrogen) atoms. The number of carbonyl (C=O) groups is 2. The number of halogens is 3. The molecule has 1 aromatic carbocycles. The van der Waals surface area contributed by atoms with Gasteiger partial charge in [-0.3, -0.25) is 0 Å². The fourth-order valence-corrected chi connectivity index (χ4v) is 4.79. The first kappa shape index (κ1) is 19.4. The summed E-state index contributed by atoms with van der Waals surface area (Å²) < 4.78 is 17.5. The van der Waals surface area contributed by atoms with Crippen molar-refractivity contribution >= 4 is 65.4 Å². The van der Waals surface area contributed by atoms with Crippen molar-refractivity contribution in [2.24, 2.45) is 0 Å². The van der Waals surface area contributed by atoms with E-state index in [9.17, 15) is 9.59 Å². The first-order valence-electron chi connectivity index (χ1n) is 6.72. The molecule has 1 aliphatic heterocycles. The maximum absolute atomic E-state index is 12.3. The summed E-state index contributed by atoms with van der Waals surface area (Å²) in [5, 5.41) is 0. The van der Waals surface area contributed by atoms with Gasteiger partial charge in [0, 0.05) is 13.4 Å². The third-order valence-electron chi connectivity index (χ3n) is 3.48. The van der Waals surface area contributed by atoms with Gasteiger partial charge in [-0.1, -0.05) is 15.9 Å². The van der Waals surface area contributed by atoms with Crippen molar-refractivity contribution in [1.82, 2.24) is 0 Å². The molecule has 0 spiro atoms. The molecule has 1 aromatic rings. The highest BCUT2D eigenvalue weighted by atomic mass is 79.9. The fraction of sp³-hybridized carbons (Fsp3) is 0.333. The lowest BCUT2D eigenvalue weighted by Crippen LogP contribution is -2.39. The third-order valence-corrected chi connectivity index (χ3v) is 5.88. The highest BCUT2D eigenvalue weighted by Crippen LogP contribution is 2.42. The molecule has 1 aliphatic rings. The fourth-order valence-electron chi connectivity index (χ4n) is 2.24. The standard InChI is InChI=1S/C15H14Br3NO5/c1-7-9(16)4-10(17)13(11(7)18)19-6-24-5-8(14(20)22-2)12(19)15(21)23-3/h4H,5-6H2,1-3H3. The first-order chi connectivity index (χ1) is 11.3. The van der Waals surface area contributed by atoms with E-state index in [0.717, 1.165) is 14.5 Å². The normalized spacial score (nSPS) is 14.7. The molecule has 0 bridgehead atoms. The Morgan fingerprint density at radius 3 is 2.33 bits per heavy atom. The van der Waals surface area contributed by atoms with Crippen molar-refractivity contribution < 1.29 is 23.8 Å². The molecule has 0 saturated carbocycles. The van der Waals surface area contributed by atoms with Gasteiger partial charge in [-0.2, -0.15) is 0 Å². The number of rotatable bonds is 3. The van der Waals surface area contributed by atoms with E-state index in [4.69, 9.17) is 14.2 Å². The van der Waals surface area contributed by atoms with E-state index in [2.05, 4.69) is 47.8 Å². The van der Waals surface area contributed by atoms with Crippen LogP contribution in [0.25, 0.3) is 0 Å². The molecule has 0 N–H and O–H groups in total. The Labute approximate surface area is 164 Å². The van der Waals surface area contributed by atoms with Gasteiger partial charge in [0.15, 0.2) is 0 Å². The zero-order chi connectivity index (χ0) is 18.0. The molecular formula is C15H14Br3NO5. The number of ether oxygens (including phenoxy) is 3. The van der Waals surface area contributed by atoms with Gasteiger partial charge in [-0.25, -0.2) is 9.59 Å². The van der Waals surface area contributed by atoms with E-state index >= 15 is 0 Å². The Morgan fingerprint density at radius 2 is 1.75 bits per heavy atom. The van der Waals surface area contributed by atoms with Gasteiger partial charge in [0.05, 0.1) is 32.1 Å². The molecule has 0 saturated heterocycles. The number of benzene rings is 1. The van der Waals surface area contributed by atoms with Gasteiger partial charge in [0.25, 0.3) is 0 Å². The van der Waals surface area contributed by atoms with Crippen molar-refractivity contribution in [1.29, 1.82) is 0 Å². The second-order valence-electron chi connectivity index (χ2n) is 4.84. The van der Waals surface area contributed by atoms with Crippen LogP contribution in [0.5, 0.6) is 0 Å². The van der Waals surface area contributed by atoms with E-state index in [0.29, 0.717) is 10.2 Å². The minimum Gasteiger partial charge on any atom is -0.466 e. The molecule has 0 radical (unpaired) electrons. The van der Waals surface area contributed by atoms with Crippen molar-refractivity contribution in [3.8, 4) is 0 Å². The number of methoxy groups -OCH3 is 2. The smallest absolute Gasteiger partial charge is 0.355 e. The van der Waals surface area contributed by atoms with E-state index in [1.165, 1.54) is 14.2 Å². The quantitative estimate of drug-likeness (QED) is 0.559. The van der Waals surface area contributed by atoms with Crippen molar-refractivity contribution in [3.63, 3.8) is 0 Å². The number of carbonyl (C=O) groups excluding carboxylic acids is 2. The van der Waals surface area contributed by atoms with Crippen LogP contribution in [0.2, 0.25) is 0 Å². The largest absolute Gasteiger partial charge is 0.466 e. The zero-order valence-electron chi connectivity index (χ0n) is 13.1. The molecule has 0 unspecified atom stereocenters. The van der Waals surface area contributed by atoms with Gasteiger partial charge in [0.1, 0.15) is 12.4 Å². The van der Waals surface area contributed by atoms with Crippen LogP contribution in [0, 0.1) is 6.92 Å². The van der Waals surface area contributed by atoms with Crippen molar-refractivity contribution in [2.45, 2.75) is 6.92 Å². The van der Waals surface area contributed by atoms with Gasteiger partial charge >= 0.3 is 11.9 Å². The molecule has 0 amide bonds. The molecule has 0 aromatic heterocycles. The van der Waals surface area contributed by atoms with E-state index in [-0.39, 0.29) is 24.6 Å². The molecule has 0 atom stereocenters. The Morgan fingerprint density at radius 1 is 1.12 bits per heavy atom. The van der Waals surface area contributed by atoms with Crippen molar-refractivity contribution in [2.75, 3.05) is 32.5 Å². The lowest BCUT2D eigenvalue weighted by atomic mass is 10.1. The number of hydrogen-bond donors (Lipinski definition) is 0. The Balaban J connectivity index is 2.71. The average molecular weight is 528 g/mol. The topological polar surface area (TPSA) is 65.1 Å². The van der Waals surface area contributed by atoms with Crippen LogP contribution in [0.15, 0.2) is 30.8 Å². The van der Waals surface area contributed by atoms with Gasteiger partial charge in [0.2, 0.25) is 0 Å². The second-order valence-corrected chi connectivity index (χ2v) is 7.35. The molecule has 0 aliphatic carbocycles. The predicted octanol–water partition coefficient (Wildman–Crippen LogP) is 3.68. The van der Waals surface area contributed by atoms with Crippen LogP contribution < -0.4 is 4.90 Å². The molecule has 6 nitrogen and oxygen atoms in total. The average Bonchev–Trinajstić information content (AvgIpc) is 2.58. The second kappa shape index (κ2) is 7.99. The maximum atomic E-state index is 12.3. The molecule has 130 valence electrons. The van der Waals surface area contributed by atoms with E-state index in [1.807, 2.05) is 13.0 Å². The summed E-state index contributed by atoms with van der Waals surface area (Å²) >= 11 is 10.5. The molecule has 1 heterocycles. The summed E-state index contributed by atoms with van der Waals surface area (Å²) in [6.07, 6.45) is 0. The summed E-state index contributed by atoms with van der Waals surface area (Å²) in [6, 6.07) is 1.86. The summed E-state index contributed by atoms with van der Waals surface area (Å²) in [4.78, 5) is 25.9. The monoisotopic (exact) mass is 525 g/mol. The Bertz CT molecular complexity index is 732. The maximum Gasteiger partial charge on any atom is 0.355 e. The number of nitrogens with zero attached hydrogens (tertiary/aromatic N) is 1. The molecule has 0 fully saturated rings. The van der Waals surface area contributed by atoms with Crippen molar-refractivity contribution in [3.05, 3.63) is 36.3 Å². The highest BCUT2D eigenvalue weighted by molar-refractivity contribution is 9.11. The van der Waals surface area contributed by atoms with Gasteiger partial charge in [-0.15, -0.1) is 0 Å². The highest BCUT2D eigenvalue weighted by Gasteiger charge is 2.34. The minimum absolute atomic E-state index is 0.0294. The summed E-state index contributed by atoms with van der Waals surface area (Å²) in [6.45, 7) is 1.97. The SMILES string of the molecule is COC(=O)C1=C(C(=O)OC)N(c2c(Br)cc(Br)c(C)c2Br)COC1. The summed E-state index contributed by atoms with van der Waals surface area (Å²) in [5.74, 6) is -1.28. The Hall–Kier alpha value is -0.900. The van der Waals surface area contributed by atoms with Crippen LogP contribution >= 0.6 is 47.8 Å². The van der Waals surface area contributed by atoms with Crippen LogP contribution in [0.4, 0.5) is 5.69 Å². The van der Waals surface area contributed by atoms with Crippen LogP contribution in [0.1, 0.15) is 5.56 Å². The van der Waals surface area contributed by atoms with E-state index < -0.39 is 11.9 Å². The molecular weight excluding hydrogens is 514 g/mol. The number of hydrogen-bond acceptors (Lipinski definition) is 6. The van der Waals surface area contributed by atoms with Gasteiger partial charge in [-0.05, 0) is 50.4 Å². The summed E-state index contributed by atoms with van der Waals surface area (Å²) in [7, 11) is 2.51. The van der Waals surface area contributed by atoms with Crippen LogP contribution in [-0.4, -0.2) is 39.5 Å². The predicted molar refractivity (Wildman–Crippen MR) is 98.6 cm³/mol. The van der Waals surface area contributed by atoms with Crippen LogP contribution in [-0.2, 0) is 23.8 Å².